The molecule has 0 bridgehead atoms. The van der Waals surface area contributed by atoms with Gasteiger partial charge in [0.1, 0.15) is 5.75 Å². The van der Waals surface area contributed by atoms with Crippen molar-refractivity contribution < 1.29 is 24.0 Å². The maximum atomic E-state index is 12.3. The summed E-state index contributed by atoms with van der Waals surface area (Å²) in [5.41, 5.74) is 2.43. The Morgan fingerprint density at radius 1 is 0.759 bits per heavy atom. The van der Waals surface area contributed by atoms with Crippen LogP contribution in [0.2, 0.25) is 0 Å². The SMILES string of the molecule is O=C(COc1ccccc1Cc1ccccc1)ON1C(=O)c2ccccc2C1=O. The molecular weight excluding hydrogens is 370 g/mol. The fourth-order valence-electron chi connectivity index (χ4n) is 3.12. The summed E-state index contributed by atoms with van der Waals surface area (Å²) in [4.78, 5) is 41.7. The van der Waals surface area contributed by atoms with Crippen LogP contribution in [-0.4, -0.2) is 29.5 Å². The van der Waals surface area contributed by atoms with Crippen LogP contribution < -0.4 is 4.74 Å². The van der Waals surface area contributed by atoms with Crippen molar-refractivity contribution in [3.63, 3.8) is 0 Å². The molecule has 0 fully saturated rings. The lowest BCUT2D eigenvalue weighted by molar-refractivity contribution is -0.170. The van der Waals surface area contributed by atoms with Gasteiger partial charge in [-0.1, -0.05) is 65.7 Å². The number of para-hydroxylation sites is 1. The number of fused-ring (bicyclic) bond motifs is 1. The molecule has 0 N–H and O–H groups in total. The van der Waals surface area contributed by atoms with Gasteiger partial charge in [-0.2, -0.15) is 0 Å². The molecule has 0 spiro atoms. The number of hydroxylamine groups is 2. The molecule has 3 aromatic carbocycles. The number of carbonyl (C=O) groups excluding carboxylic acids is 3. The van der Waals surface area contributed by atoms with Crippen LogP contribution in [0.5, 0.6) is 5.75 Å². The first-order valence-electron chi connectivity index (χ1n) is 9.07. The standard InChI is InChI=1S/C23H17NO5/c25-21(29-24-22(26)18-11-5-6-12-19(18)23(24)27)15-28-20-13-7-4-10-17(20)14-16-8-2-1-3-9-16/h1-13H,14-15H2. The third-order valence-electron chi connectivity index (χ3n) is 4.51. The van der Waals surface area contributed by atoms with Crippen LogP contribution in [0, 0.1) is 0 Å². The molecule has 0 unspecified atom stereocenters. The highest BCUT2D eigenvalue weighted by atomic mass is 16.7. The van der Waals surface area contributed by atoms with Gasteiger partial charge in [0.15, 0.2) is 6.61 Å². The van der Waals surface area contributed by atoms with Gasteiger partial charge in [0.05, 0.1) is 11.1 Å². The molecule has 1 aliphatic rings. The van der Waals surface area contributed by atoms with Crippen LogP contribution in [0.1, 0.15) is 31.8 Å². The number of amides is 2. The van der Waals surface area contributed by atoms with Crippen molar-refractivity contribution in [1.82, 2.24) is 5.06 Å². The Hall–Kier alpha value is -3.93. The largest absolute Gasteiger partial charge is 0.482 e. The minimum Gasteiger partial charge on any atom is -0.482 e. The van der Waals surface area contributed by atoms with Gasteiger partial charge >= 0.3 is 5.97 Å². The average molecular weight is 387 g/mol. The molecule has 0 aliphatic carbocycles. The van der Waals surface area contributed by atoms with E-state index in [0.717, 1.165) is 11.1 Å². The van der Waals surface area contributed by atoms with Crippen molar-refractivity contribution >= 4 is 17.8 Å². The lowest BCUT2D eigenvalue weighted by atomic mass is 10.0. The minimum absolute atomic E-state index is 0.208. The molecule has 0 saturated heterocycles. The number of hydrogen-bond acceptors (Lipinski definition) is 5. The van der Waals surface area contributed by atoms with Crippen LogP contribution >= 0.6 is 0 Å². The highest BCUT2D eigenvalue weighted by Crippen LogP contribution is 2.24. The molecule has 4 rings (SSSR count). The number of nitrogens with zero attached hydrogens (tertiary/aromatic N) is 1. The van der Waals surface area contributed by atoms with E-state index in [4.69, 9.17) is 9.57 Å². The normalized spacial score (nSPS) is 12.6. The predicted molar refractivity (Wildman–Crippen MR) is 104 cm³/mol. The predicted octanol–water partition coefficient (Wildman–Crippen LogP) is 3.41. The van der Waals surface area contributed by atoms with Crippen LogP contribution in [0.15, 0.2) is 78.9 Å². The van der Waals surface area contributed by atoms with Gasteiger partial charge in [-0.05, 0) is 29.3 Å². The Labute approximate surface area is 167 Å². The van der Waals surface area contributed by atoms with Crippen LogP contribution in [0.4, 0.5) is 0 Å². The molecule has 6 nitrogen and oxygen atoms in total. The van der Waals surface area contributed by atoms with Crippen molar-refractivity contribution in [1.29, 1.82) is 0 Å². The average Bonchev–Trinajstić information content (AvgIpc) is 2.99. The van der Waals surface area contributed by atoms with E-state index in [-0.39, 0.29) is 11.1 Å². The number of rotatable bonds is 6. The summed E-state index contributed by atoms with van der Waals surface area (Å²) >= 11 is 0. The van der Waals surface area contributed by atoms with Crippen molar-refractivity contribution in [2.24, 2.45) is 0 Å². The Bertz CT molecular complexity index is 1040. The lowest BCUT2D eigenvalue weighted by Gasteiger charge is -2.14. The van der Waals surface area contributed by atoms with E-state index in [1.54, 1.807) is 24.3 Å². The third-order valence-corrected chi connectivity index (χ3v) is 4.51. The second-order valence-corrected chi connectivity index (χ2v) is 6.47. The molecule has 2 amide bonds. The van der Waals surface area contributed by atoms with Gasteiger partial charge in [-0.3, -0.25) is 9.59 Å². The maximum Gasteiger partial charge on any atom is 0.370 e. The van der Waals surface area contributed by atoms with Gasteiger partial charge in [-0.25, -0.2) is 4.79 Å². The summed E-state index contributed by atoms with van der Waals surface area (Å²) in [6.07, 6.45) is 0.643. The number of carbonyl (C=O) groups is 3. The maximum absolute atomic E-state index is 12.3. The van der Waals surface area contributed by atoms with E-state index < -0.39 is 24.4 Å². The summed E-state index contributed by atoms with van der Waals surface area (Å²) in [7, 11) is 0. The molecule has 0 atom stereocenters. The number of benzene rings is 3. The minimum atomic E-state index is -0.839. The summed E-state index contributed by atoms with van der Waals surface area (Å²) < 4.78 is 5.61. The van der Waals surface area contributed by atoms with Gasteiger partial charge in [-0.15, -0.1) is 0 Å². The van der Waals surface area contributed by atoms with Crippen molar-refractivity contribution in [3.05, 3.63) is 101 Å². The first kappa shape index (κ1) is 18.4. The molecular formula is C23H17NO5. The Morgan fingerprint density at radius 3 is 2.03 bits per heavy atom. The second kappa shape index (κ2) is 7.98. The van der Waals surface area contributed by atoms with Crippen molar-refractivity contribution in [2.75, 3.05) is 6.61 Å². The van der Waals surface area contributed by atoms with Gasteiger partial charge < -0.3 is 9.57 Å². The highest BCUT2D eigenvalue weighted by Gasteiger charge is 2.38. The van der Waals surface area contributed by atoms with Gasteiger partial charge in [0, 0.05) is 6.42 Å². The number of hydrogen-bond donors (Lipinski definition) is 0. The van der Waals surface area contributed by atoms with Gasteiger partial charge in [0.2, 0.25) is 0 Å². The highest BCUT2D eigenvalue weighted by molar-refractivity contribution is 6.20. The van der Waals surface area contributed by atoms with E-state index >= 15 is 0 Å². The molecule has 1 heterocycles. The third kappa shape index (κ3) is 3.87. The first-order valence-corrected chi connectivity index (χ1v) is 9.07. The monoisotopic (exact) mass is 387 g/mol. The summed E-state index contributed by atoms with van der Waals surface area (Å²) in [6, 6.07) is 23.6. The zero-order chi connectivity index (χ0) is 20.2. The summed E-state index contributed by atoms with van der Waals surface area (Å²) in [5.74, 6) is -1.63. The van der Waals surface area contributed by atoms with E-state index in [9.17, 15) is 14.4 Å². The quantitative estimate of drug-likeness (QED) is 0.606. The fourth-order valence-corrected chi connectivity index (χ4v) is 3.12. The molecule has 0 saturated carbocycles. The first-order chi connectivity index (χ1) is 14.1. The topological polar surface area (TPSA) is 72.9 Å². The smallest absolute Gasteiger partial charge is 0.370 e. The second-order valence-electron chi connectivity index (χ2n) is 6.47. The molecule has 29 heavy (non-hydrogen) atoms. The molecule has 0 aromatic heterocycles. The van der Waals surface area contributed by atoms with Crippen LogP contribution in [0.25, 0.3) is 0 Å². The Morgan fingerprint density at radius 2 is 1.34 bits per heavy atom. The van der Waals surface area contributed by atoms with Crippen molar-refractivity contribution in [2.45, 2.75) is 6.42 Å². The van der Waals surface area contributed by atoms with E-state index in [2.05, 4.69) is 0 Å². The van der Waals surface area contributed by atoms with E-state index in [1.807, 2.05) is 42.5 Å². The Kier molecular flexibility index (Phi) is 5.07. The van der Waals surface area contributed by atoms with Gasteiger partial charge in [0.25, 0.3) is 11.8 Å². The fraction of sp³-hybridized carbons (Fsp3) is 0.0870. The molecule has 1 aliphatic heterocycles. The molecule has 3 aromatic rings. The molecule has 144 valence electrons. The van der Waals surface area contributed by atoms with E-state index in [0.29, 0.717) is 17.2 Å². The summed E-state index contributed by atoms with van der Waals surface area (Å²) in [6.45, 7) is -0.431. The van der Waals surface area contributed by atoms with Crippen LogP contribution in [-0.2, 0) is 16.1 Å². The zero-order valence-corrected chi connectivity index (χ0v) is 15.4. The Balaban J connectivity index is 1.40. The molecule has 0 radical (unpaired) electrons. The van der Waals surface area contributed by atoms with Crippen LogP contribution in [0.3, 0.4) is 0 Å². The molecule has 6 heteroatoms. The number of imide groups is 1. The van der Waals surface area contributed by atoms with Crippen molar-refractivity contribution in [3.8, 4) is 5.75 Å². The number of ether oxygens (including phenoxy) is 1. The van der Waals surface area contributed by atoms with E-state index in [1.165, 1.54) is 12.1 Å². The summed E-state index contributed by atoms with van der Waals surface area (Å²) in [5, 5.41) is 0.478. The lowest BCUT2D eigenvalue weighted by Crippen LogP contribution is -2.34. The zero-order valence-electron chi connectivity index (χ0n) is 15.4.